The van der Waals surface area contributed by atoms with Crippen molar-refractivity contribution in [1.29, 1.82) is 0 Å². The van der Waals surface area contributed by atoms with Gasteiger partial charge in [-0.15, -0.1) is 6.58 Å². The largest absolute Gasteiger partial charge is 0.375 e. The van der Waals surface area contributed by atoms with Gasteiger partial charge in [-0.1, -0.05) is 213 Å². The quantitative estimate of drug-likeness (QED) is 0.0524. The van der Waals surface area contributed by atoms with Crippen LogP contribution >= 0.6 is 0 Å². The highest BCUT2D eigenvalue weighted by atomic mass is 15.1. The van der Waals surface area contributed by atoms with Crippen molar-refractivity contribution in [2.75, 3.05) is 13.1 Å². The molecule has 0 N–H and O–H groups in total. The molecule has 0 saturated heterocycles. The molecule has 0 aromatic heterocycles. The summed E-state index contributed by atoms with van der Waals surface area (Å²) < 4.78 is 0. The third-order valence-electron chi connectivity index (χ3n) is 8.97. The maximum Gasteiger partial charge on any atom is 0.0211 e. The van der Waals surface area contributed by atoms with Gasteiger partial charge in [0.25, 0.3) is 0 Å². The lowest BCUT2D eigenvalue weighted by Gasteiger charge is -2.24. The molecule has 0 radical (unpaired) electrons. The number of hydrogen-bond acceptors (Lipinski definition) is 1. The normalized spacial score (nSPS) is 10.8. The topological polar surface area (TPSA) is 3.24 Å². The molecule has 0 aliphatic rings. The number of rotatable bonds is 34. The minimum atomic E-state index is 1.03. The van der Waals surface area contributed by atoms with E-state index in [2.05, 4.69) is 52.3 Å². The molecule has 0 bridgehead atoms. The van der Waals surface area contributed by atoms with E-state index in [1.165, 1.54) is 185 Å². The van der Waals surface area contributed by atoms with E-state index in [0.29, 0.717) is 0 Å². The van der Waals surface area contributed by atoms with Crippen LogP contribution in [0.25, 0.3) is 0 Å². The van der Waals surface area contributed by atoms with Crippen molar-refractivity contribution < 1.29 is 0 Å². The lowest BCUT2D eigenvalue weighted by atomic mass is 10.0. The predicted octanol–water partition coefficient (Wildman–Crippen LogP) is 15.3. The van der Waals surface area contributed by atoms with Crippen molar-refractivity contribution in [3.63, 3.8) is 0 Å². The van der Waals surface area contributed by atoms with Gasteiger partial charge in [-0.05, 0) is 32.6 Å². The standard InChI is InChI=1S/C26H49N.C16H34/c1-6-8-10-11-12-13-14-15-16-17-18-19-20-21-26(5)22-24-27(25(3)4)23-9-7-2;1-3-5-7-9-11-13-15-16-14-12-10-8-6-4-2/h7H,2-3,5-6,8-24H2,1,4H3;3-16H2,1-2H3. The van der Waals surface area contributed by atoms with Crippen LogP contribution in [0.1, 0.15) is 220 Å². The van der Waals surface area contributed by atoms with Crippen LogP contribution in [0.5, 0.6) is 0 Å². The second-order valence-corrected chi connectivity index (χ2v) is 13.5. The number of unbranched alkanes of at least 4 members (excludes halogenated alkanes) is 25. The molecule has 0 aliphatic heterocycles. The van der Waals surface area contributed by atoms with Crippen LogP contribution in [0.4, 0.5) is 0 Å². The summed E-state index contributed by atoms with van der Waals surface area (Å²) >= 11 is 0. The summed E-state index contributed by atoms with van der Waals surface area (Å²) in [5.74, 6) is 0. The number of allylic oxidation sites excluding steroid dienone is 1. The maximum atomic E-state index is 4.28. The summed E-state index contributed by atoms with van der Waals surface area (Å²) in [6.07, 6.45) is 44.2. The summed E-state index contributed by atoms with van der Waals surface area (Å²) in [5.41, 5.74) is 2.56. The molecule has 0 amide bonds. The average Bonchev–Trinajstić information content (AvgIpc) is 3.00. The highest BCUT2D eigenvalue weighted by molar-refractivity contribution is 4.97. The highest BCUT2D eigenvalue weighted by Crippen LogP contribution is 2.17. The zero-order valence-corrected chi connectivity index (χ0v) is 30.8. The third-order valence-corrected chi connectivity index (χ3v) is 8.97. The zero-order chi connectivity index (χ0) is 32.1. The molecule has 0 aromatic carbocycles. The van der Waals surface area contributed by atoms with Gasteiger partial charge in [0.05, 0.1) is 0 Å². The predicted molar refractivity (Wildman–Crippen MR) is 201 cm³/mol. The molecule has 43 heavy (non-hydrogen) atoms. The van der Waals surface area contributed by atoms with Crippen molar-refractivity contribution in [1.82, 2.24) is 4.90 Å². The second kappa shape index (κ2) is 39.0. The Labute approximate surface area is 274 Å². The minimum Gasteiger partial charge on any atom is -0.375 e. The lowest BCUT2D eigenvalue weighted by molar-refractivity contribution is 0.355. The van der Waals surface area contributed by atoms with E-state index in [4.69, 9.17) is 0 Å². The Morgan fingerprint density at radius 3 is 1.02 bits per heavy atom. The average molecular weight is 602 g/mol. The Morgan fingerprint density at radius 2 is 0.744 bits per heavy atom. The van der Waals surface area contributed by atoms with Gasteiger partial charge < -0.3 is 4.90 Å². The van der Waals surface area contributed by atoms with Gasteiger partial charge >= 0.3 is 0 Å². The first kappa shape index (κ1) is 44.1. The first-order valence-electron chi connectivity index (χ1n) is 19.7. The monoisotopic (exact) mass is 602 g/mol. The van der Waals surface area contributed by atoms with Gasteiger partial charge in [0, 0.05) is 18.8 Å². The van der Waals surface area contributed by atoms with Crippen molar-refractivity contribution >= 4 is 0 Å². The Hall–Kier alpha value is -0.980. The molecular weight excluding hydrogens is 518 g/mol. The molecule has 0 unspecified atom stereocenters. The fourth-order valence-corrected chi connectivity index (χ4v) is 5.82. The zero-order valence-electron chi connectivity index (χ0n) is 30.8. The minimum absolute atomic E-state index is 1.03. The van der Waals surface area contributed by atoms with Crippen LogP contribution in [0, 0.1) is 0 Å². The summed E-state index contributed by atoms with van der Waals surface area (Å²) in [7, 11) is 0. The lowest BCUT2D eigenvalue weighted by Crippen LogP contribution is -2.23. The van der Waals surface area contributed by atoms with Crippen LogP contribution in [0.2, 0.25) is 0 Å². The van der Waals surface area contributed by atoms with Gasteiger partial charge in [-0.2, -0.15) is 0 Å². The SMILES string of the molecule is C=CCCN(CCC(=C)CCCCCCCCCCCCCCC)C(=C)C.CCCCCCCCCCCCCCCC. The molecule has 0 saturated carbocycles. The van der Waals surface area contributed by atoms with E-state index >= 15 is 0 Å². The Morgan fingerprint density at radius 1 is 0.442 bits per heavy atom. The molecule has 0 heterocycles. The summed E-state index contributed by atoms with van der Waals surface area (Å²) in [4.78, 5) is 2.36. The Bertz CT molecular complexity index is 547. The van der Waals surface area contributed by atoms with E-state index in [9.17, 15) is 0 Å². The van der Waals surface area contributed by atoms with Crippen LogP contribution in [-0.4, -0.2) is 18.0 Å². The first-order valence-corrected chi connectivity index (χ1v) is 19.7. The van der Waals surface area contributed by atoms with Gasteiger partial charge in [-0.3, -0.25) is 0 Å². The molecular formula is C42H83N. The van der Waals surface area contributed by atoms with E-state index in [1.54, 1.807) is 0 Å². The third kappa shape index (κ3) is 39.0. The molecule has 1 heteroatoms. The van der Waals surface area contributed by atoms with E-state index < -0.39 is 0 Å². The summed E-state index contributed by atoms with van der Waals surface area (Å²) in [6, 6.07) is 0. The fraction of sp³-hybridized carbons (Fsp3) is 0.857. The van der Waals surface area contributed by atoms with Crippen LogP contribution in [0.15, 0.2) is 37.1 Å². The van der Waals surface area contributed by atoms with Crippen LogP contribution < -0.4 is 0 Å². The van der Waals surface area contributed by atoms with Crippen molar-refractivity contribution in [2.45, 2.75) is 220 Å². The molecule has 0 aliphatic carbocycles. The summed E-state index contributed by atoms with van der Waals surface area (Å²) in [6.45, 7) is 23.2. The van der Waals surface area contributed by atoms with Crippen LogP contribution in [-0.2, 0) is 0 Å². The van der Waals surface area contributed by atoms with Gasteiger partial charge in [0.2, 0.25) is 0 Å². The summed E-state index contributed by atoms with van der Waals surface area (Å²) in [5, 5.41) is 0. The molecule has 0 atom stereocenters. The van der Waals surface area contributed by atoms with Gasteiger partial charge in [0.15, 0.2) is 0 Å². The Balaban J connectivity index is 0. The molecule has 256 valence electrons. The molecule has 0 fully saturated rings. The maximum absolute atomic E-state index is 4.28. The van der Waals surface area contributed by atoms with Crippen molar-refractivity contribution in [2.24, 2.45) is 0 Å². The van der Waals surface area contributed by atoms with E-state index in [0.717, 1.165) is 31.6 Å². The first-order chi connectivity index (χ1) is 21.0. The Kier molecular flexibility index (Phi) is 40.1. The van der Waals surface area contributed by atoms with Crippen molar-refractivity contribution in [3.05, 3.63) is 37.1 Å². The molecule has 0 spiro atoms. The fourth-order valence-electron chi connectivity index (χ4n) is 5.82. The van der Waals surface area contributed by atoms with Gasteiger partial charge in [-0.25, -0.2) is 0 Å². The van der Waals surface area contributed by atoms with Crippen LogP contribution in [0.3, 0.4) is 0 Å². The second-order valence-electron chi connectivity index (χ2n) is 13.5. The van der Waals surface area contributed by atoms with E-state index in [1.807, 2.05) is 6.08 Å². The molecule has 0 aromatic rings. The van der Waals surface area contributed by atoms with Gasteiger partial charge in [0.1, 0.15) is 0 Å². The smallest absolute Gasteiger partial charge is 0.0211 e. The van der Waals surface area contributed by atoms with E-state index in [-0.39, 0.29) is 0 Å². The molecule has 1 nitrogen and oxygen atoms in total. The number of nitrogens with zero attached hydrogens (tertiary/aromatic N) is 1. The molecule has 0 rings (SSSR count). The number of hydrogen-bond donors (Lipinski definition) is 0. The van der Waals surface area contributed by atoms with Crippen molar-refractivity contribution in [3.8, 4) is 0 Å². The highest BCUT2D eigenvalue weighted by Gasteiger charge is 2.04.